The lowest BCUT2D eigenvalue weighted by molar-refractivity contribution is -0.120. The van der Waals surface area contributed by atoms with Crippen LogP contribution in [0.3, 0.4) is 0 Å². The van der Waals surface area contributed by atoms with E-state index >= 15 is 0 Å². The number of thioether (sulfide) groups is 1. The molecule has 8 heteroatoms. The van der Waals surface area contributed by atoms with Gasteiger partial charge in [0.2, 0.25) is 11.1 Å². The number of nitrogens with one attached hydrogen (secondary N) is 1. The second-order valence-electron chi connectivity index (χ2n) is 6.05. The summed E-state index contributed by atoms with van der Waals surface area (Å²) >= 11 is 1.36. The Hall–Kier alpha value is -2.09. The summed E-state index contributed by atoms with van der Waals surface area (Å²) in [5, 5.41) is 15.3. The number of tetrazole rings is 1. The van der Waals surface area contributed by atoms with Crippen molar-refractivity contribution in [3.63, 3.8) is 0 Å². The molecule has 1 aliphatic rings. The number of hydrogen-bond donors (Lipinski definition) is 1. The minimum atomic E-state index is -0.256. The van der Waals surface area contributed by atoms with Gasteiger partial charge in [0.25, 0.3) is 0 Å². The van der Waals surface area contributed by atoms with Crippen LogP contribution in [-0.4, -0.2) is 44.0 Å². The van der Waals surface area contributed by atoms with Crippen LogP contribution in [0, 0.1) is 0 Å². The van der Waals surface area contributed by atoms with Crippen LogP contribution in [0.4, 0.5) is 0 Å². The van der Waals surface area contributed by atoms with E-state index in [4.69, 9.17) is 4.74 Å². The normalized spacial score (nSPS) is 15.9. The van der Waals surface area contributed by atoms with E-state index in [0.717, 1.165) is 24.3 Å². The molecule has 2 aromatic rings. The van der Waals surface area contributed by atoms with Crippen molar-refractivity contribution in [2.24, 2.45) is 0 Å². The van der Waals surface area contributed by atoms with Crippen LogP contribution >= 0.6 is 11.8 Å². The first-order chi connectivity index (χ1) is 12.2. The summed E-state index contributed by atoms with van der Waals surface area (Å²) in [5.41, 5.74) is 0.833. The Morgan fingerprint density at radius 3 is 2.76 bits per heavy atom. The number of carbonyl (C=O) groups excluding carboxylic acids is 1. The lowest BCUT2D eigenvalue weighted by Crippen LogP contribution is -2.37. The van der Waals surface area contributed by atoms with E-state index in [0.29, 0.717) is 17.8 Å². The molecule has 0 aliphatic heterocycles. The van der Waals surface area contributed by atoms with Gasteiger partial charge in [0.15, 0.2) is 0 Å². The lowest BCUT2D eigenvalue weighted by atomic mass is 10.2. The van der Waals surface area contributed by atoms with Gasteiger partial charge in [-0.3, -0.25) is 4.79 Å². The fourth-order valence-corrected chi connectivity index (χ4v) is 3.68. The third-order valence-electron chi connectivity index (χ3n) is 4.19. The smallest absolute Gasteiger partial charge is 0.233 e. The van der Waals surface area contributed by atoms with Gasteiger partial charge in [-0.25, -0.2) is 0 Å². The van der Waals surface area contributed by atoms with E-state index in [-0.39, 0.29) is 11.2 Å². The van der Waals surface area contributed by atoms with Crippen molar-refractivity contribution in [1.29, 1.82) is 0 Å². The molecular weight excluding hydrogens is 338 g/mol. The number of amides is 1. The SMILES string of the molecule is CCOc1ccc(-n2nnnc2S[C@H](C)C(=O)NC2CCCC2)cc1. The van der Waals surface area contributed by atoms with Crippen molar-refractivity contribution in [3.05, 3.63) is 24.3 Å². The lowest BCUT2D eigenvalue weighted by Gasteiger charge is -2.16. The third-order valence-corrected chi connectivity index (χ3v) is 5.22. The molecule has 134 valence electrons. The van der Waals surface area contributed by atoms with Crippen LogP contribution in [0.15, 0.2) is 29.4 Å². The zero-order valence-electron chi connectivity index (χ0n) is 14.5. The summed E-state index contributed by atoms with van der Waals surface area (Å²) < 4.78 is 7.09. The minimum absolute atomic E-state index is 0.0399. The topological polar surface area (TPSA) is 81.9 Å². The molecule has 7 nitrogen and oxygen atoms in total. The number of benzene rings is 1. The molecule has 0 radical (unpaired) electrons. The van der Waals surface area contributed by atoms with E-state index in [9.17, 15) is 4.79 Å². The number of carbonyl (C=O) groups is 1. The van der Waals surface area contributed by atoms with Crippen LogP contribution in [-0.2, 0) is 4.79 Å². The van der Waals surface area contributed by atoms with Gasteiger partial charge in [-0.05, 0) is 61.4 Å². The van der Waals surface area contributed by atoms with Crippen molar-refractivity contribution >= 4 is 17.7 Å². The molecule has 3 rings (SSSR count). The monoisotopic (exact) mass is 361 g/mol. The van der Waals surface area contributed by atoms with Gasteiger partial charge in [-0.2, -0.15) is 4.68 Å². The third kappa shape index (κ3) is 4.50. The molecular formula is C17H23N5O2S. The first kappa shape index (κ1) is 17.7. The van der Waals surface area contributed by atoms with E-state index in [1.165, 1.54) is 24.6 Å². The van der Waals surface area contributed by atoms with Crippen molar-refractivity contribution < 1.29 is 9.53 Å². The van der Waals surface area contributed by atoms with Crippen LogP contribution in [0.2, 0.25) is 0 Å². The van der Waals surface area contributed by atoms with E-state index < -0.39 is 0 Å². The van der Waals surface area contributed by atoms with E-state index in [2.05, 4.69) is 20.8 Å². The van der Waals surface area contributed by atoms with E-state index in [1.54, 1.807) is 4.68 Å². The Morgan fingerprint density at radius 2 is 2.08 bits per heavy atom. The van der Waals surface area contributed by atoms with Gasteiger partial charge < -0.3 is 10.1 Å². The second kappa shape index (κ2) is 8.33. The molecule has 1 atom stereocenters. The highest BCUT2D eigenvalue weighted by Crippen LogP contribution is 2.25. The fraction of sp³-hybridized carbons (Fsp3) is 0.529. The van der Waals surface area contributed by atoms with Gasteiger partial charge in [0.1, 0.15) is 5.75 Å². The molecule has 1 saturated carbocycles. The molecule has 0 saturated heterocycles. The Bertz CT molecular complexity index is 697. The maximum atomic E-state index is 12.4. The highest BCUT2D eigenvalue weighted by atomic mass is 32.2. The maximum absolute atomic E-state index is 12.4. The predicted molar refractivity (Wildman–Crippen MR) is 96.0 cm³/mol. The van der Waals surface area contributed by atoms with Gasteiger partial charge >= 0.3 is 0 Å². The number of aromatic nitrogens is 4. The van der Waals surface area contributed by atoms with E-state index in [1.807, 2.05) is 38.1 Å². The maximum Gasteiger partial charge on any atom is 0.233 e. The number of rotatable bonds is 7. The summed E-state index contributed by atoms with van der Waals surface area (Å²) in [6.07, 6.45) is 4.55. The molecule has 0 bridgehead atoms. The zero-order valence-corrected chi connectivity index (χ0v) is 15.3. The molecule has 1 N–H and O–H groups in total. The summed E-state index contributed by atoms with van der Waals surface area (Å²) in [5.74, 6) is 0.844. The van der Waals surface area contributed by atoms with Crippen molar-refractivity contribution in [2.75, 3.05) is 6.61 Å². The minimum Gasteiger partial charge on any atom is -0.494 e. The summed E-state index contributed by atoms with van der Waals surface area (Å²) in [7, 11) is 0. The van der Waals surface area contributed by atoms with Gasteiger partial charge in [-0.15, -0.1) is 5.10 Å². The van der Waals surface area contributed by atoms with Crippen molar-refractivity contribution in [2.45, 2.75) is 56.0 Å². The quantitative estimate of drug-likeness (QED) is 0.764. The second-order valence-corrected chi connectivity index (χ2v) is 7.36. The summed E-state index contributed by atoms with van der Waals surface area (Å²) in [6, 6.07) is 7.87. The van der Waals surface area contributed by atoms with Gasteiger partial charge in [0.05, 0.1) is 17.5 Å². The van der Waals surface area contributed by atoms with Crippen molar-refractivity contribution in [3.8, 4) is 11.4 Å². The Morgan fingerprint density at radius 1 is 1.36 bits per heavy atom. The van der Waals surface area contributed by atoms with Crippen LogP contribution in [0.1, 0.15) is 39.5 Å². The molecule has 1 heterocycles. The number of hydrogen-bond acceptors (Lipinski definition) is 6. The van der Waals surface area contributed by atoms with Gasteiger partial charge in [0, 0.05) is 6.04 Å². The Balaban J connectivity index is 1.65. The molecule has 1 aliphatic carbocycles. The summed E-state index contributed by atoms with van der Waals surface area (Å²) in [6.45, 7) is 4.45. The Kier molecular flexibility index (Phi) is 5.91. The molecule has 0 unspecified atom stereocenters. The first-order valence-corrected chi connectivity index (χ1v) is 9.54. The first-order valence-electron chi connectivity index (χ1n) is 8.66. The molecule has 0 spiro atoms. The highest BCUT2D eigenvalue weighted by Gasteiger charge is 2.23. The molecule has 1 aromatic carbocycles. The molecule has 1 amide bonds. The largest absolute Gasteiger partial charge is 0.494 e. The molecule has 1 aromatic heterocycles. The standard InChI is InChI=1S/C17H23N5O2S/c1-3-24-15-10-8-14(9-11-15)22-17(19-20-21-22)25-12(2)16(23)18-13-6-4-5-7-13/h8-13H,3-7H2,1-2H3,(H,18,23)/t12-/m1/s1. The van der Waals surface area contributed by atoms with Crippen molar-refractivity contribution in [1.82, 2.24) is 25.5 Å². The molecule has 1 fully saturated rings. The summed E-state index contributed by atoms with van der Waals surface area (Å²) in [4.78, 5) is 12.4. The average Bonchev–Trinajstić information content (AvgIpc) is 3.28. The predicted octanol–water partition coefficient (Wildman–Crippen LogP) is 2.60. The van der Waals surface area contributed by atoms with Crippen LogP contribution in [0.25, 0.3) is 5.69 Å². The average molecular weight is 361 g/mol. The highest BCUT2D eigenvalue weighted by molar-refractivity contribution is 8.00. The zero-order chi connectivity index (χ0) is 17.6. The Labute approximate surface area is 151 Å². The molecule has 25 heavy (non-hydrogen) atoms. The van der Waals surface area contributed by atoms with Gasteiger partial charge in [-0.1, -0.05) is 24.6 Å². The fourth-order valence-electron chi connectivity index (χ4n) is 2.87. The number of ether oxygens (including phenoxy) is 1. The number of nitrogens with zero attached hydrogens (tertiary/aromatic N) is 4. The van der Waals surface area contributed by atoms with Crippen LogP contribution in [0.5, 0.6) is 5.75 Å². The van der Waals surface area contributed by atoms with Crippen LogP contribution < -0.4 is 10.1 Å².